The maximum absolute atomic E-state index is 12.4. The van der Waals surface area contributed by atoms with Gasteiger partial charge in [0.15, 0.2) is 11.5 Å². The molecule has 0 atom stereocenters. The number of esters is 1. The number of carbonyl (C=O) groups is 2. The highest BCUT2D eigenvalue weighted by Crippen LogP contribution is 2.29. The second-order valence-corrected chi connectivity index (χ2v) is 7.40. The van der Waals surface area contributed by atoms with Crippen molar-refractivity contribution >= 4 is 34.0 Å². The molecule has 8 heteroatoms. The Bertz CT molecular complexity index is 1110. The molecule has 1 amide bonds. The van der Waals surface area contributed by atoms with Crippen LogP contribution in [-0.4, -0.2) is 29.7 Å². The third-order valence-corrected chi connectivity index (χ3v) is 4.54. The van der Waals surface area contributed by atoms with Crippen LogP contribution in [0.3, 0.4) is 0 Å². The zero-order valence-electron chi connectivity index (χ0n) is 17.0. The first-order valence-corrected chi connectivity index (χ1v) is 10.2. The summed E-state index contributed by atoms with van der Waals surface area (Å²) in [4.78, 5) is 28.5. The van der Waals surface area contributed by atoms with Gasteiger partial charge in [-0.3, -0.25) is 9.78 Å². The van der Waals surface area contributed by atoms with Crippen molar-refractivity contribution in [2.75, 3.05) is 6.61 Å². The largest absolute Gasteiger partial charge is 0.490 e. The van der Waals surface area contributed by atoms with Crippen LogP contribution in [0.25, 0.3) is 0 Å². The number of carbonyl (C=O) groups excluding carboxylic acids is 2. The topological polar surface area (TPSA) is 89.9 Å². The van der Waals surface area contributed by atoms with Crippen LogP contribution in [0.2, 0.25) is 0 Å². The van der Waals surface area contributed by atoms with E-state index in [1.54, 1.807) is 42.6 Å². The van der Waals surface area contributed by atoms with E-state index in [-0.39, 0.29) is 0 Å². The van der Waals surface area contributed by atoms with Crippen LogP contribution in [0.15, 0.2) is 70.5 Å². The summed E-state index contributed by atoms with van der Waals surface area (Å²) in [5, 5.41) is 3.96. The second kappa shape index (κ2) is 10.5. The van der Waals surface area contributed by atoms with Crippen LogP contribution >= 0.6 is 15.9 Å². The molecule has 31 heavy (non-hydrogen) atoms. The monoisotopic (exact) mass is 481 g/mol. The number of ether oxygens (including phenoxy) is 2. The van der Waals surface area contributed by atoms with Gasteiger partial charge in [0.25, 0.3) is 5.91 Å². The fourth-order valence-corrected chi connectivity index (χ4v) is 2.94. The van der Waals surface area contributed by atoms with Crippen molar-refractivity contribution in [2.24, 2.45) is 5.10 Å². The van der Waals surface area contributed by atoms with Gasteiger partial charge in [-0.2, -0.15) is 5.10 Å². The SMILES string of the molecule is CCOc1cc(/C=N\NC(=O)c2cncc(Br)c2)ccc1OC(=O)c1ccc(C)cc1. The van der Waals surface area contributed by atoms with Gasteiger partial charge in [-0.1, -0.05) is 17.7 Å². The zero-order valence-corrected chi connectivity index (χ0v) is 18.5. The molecule has 1 heterocycles. The van der Waals surface area contributed by atoms with Gasteiger partial charge in [-0.05, 0) is 71.7 Å². The minimum atomic E-state index is -0.475. The first-order valence-electron chi connectivity index (χ1n) is 9.46. The molecule has 3 rings (SSSR count). The molecule has 0 saturated carbocycles. The molecule has 0 spiro atoms. The summed E-state index contributed by atoms with van der Waals surface area (Å²) in [7, 11) is 0. The van der Waals surface area contributed by atoms with Gasteiger partial charge in [0.2, 0.25) is 0 Å². The standard InChI is InChI=1S/C23H20BrN3O4/c1-3-30-21-10-16(12-26-27-22(28)18-11-19(24)14-25-13-18)6-9-20(21)31-23(29)17-7-4-15(2)5-8-17/h4-14H,3H2,1-2H3,(H,27,28)/b26-12-. The van der Waals surface area contributed by atoms with Gasteiger partial charge < -0.3 is 9.47 Å². The van der Waals surface area contributed by atoms with Crippen LogP contribution in [0.5, 0.6) is 11.5 Å². The average molecular weight is 482 g/mol. The van der Waals surface area contributed by atoms with Crippen LogP contribution in [0.1, 0.15) is 38.8 Å². The highest BCUT2D eigenvalue weighted by molar-refractivity contribution is 9.10. The maximum Gasteiger partial charge on any atom is 0.343 e. The number of hydrogen-bond donors (Lipinski definition) is 1. The number of halogens is 1. The Labute approximate surface area is 188 Å². The molecule has 158 valence electrons. The Morgan fingerprint density at radius 3 is 2.55 bits per heavy atom. The Morgan fingerprint density at radius 2 is 1.84 bits per heavy atom. The van der Waals surface area contributed by atoms with E-state index in [0.29, 0.717) is 39.3 Å². The van der Waals surface area contributed by atoms with Crippen molar-refractivity contribution in [2.45, 2.75) is 13.8 Å². The highest BCUT2D eigenvalue weighted by atomic mass is 79.9. The minimum absolute atomic E-state index is 0.300. The van der Waals surface area contributed by atoms with Crippen LogP contribution in [0, 0.1) is 6.92 Å². The average Bonchev–Trinajstić information content (AvgIpc) is 2.76. The lowest BCUT2D eigenvalue weighted by molar-refractivity contribution is 0.0728. The Balaban J connectivity index is 1.70. The van der Waals surface area contributed by atoms with Gasteiger partial charge in [-0.25, -0.2) is 10.2 Å². The molecule has 0 saturated heterocycles. The van der Waals surface area contributed by atoms with E-state index < -0.39 is 11.9 Å². The highest BCUT2D eigenvalue weighted by Gasteiger charge is 2.13. The molecular weight excluding hydrogens is 462 g/mol. The molecule has 0 radical (unpaired) electrons. The van der Waals surface area contributed by atoms with E-state index in [1.165, 1.54) is 12.4 Å². The van der Waals surface area contributed by atoms with Crippen molar-refractivity contribution in [3.63, 3.8) is 0 Å². The molecule has 3 aromatic rings. The summed E-state index contributed by atoms with van der Waals surface area (Å²) in [5.74, 6) is -0.167. The molecule has 0 fully saturated rings. The number of hydrazone groups is 1. The predicted octanol–water partition coefficient (Wildman–Crippen LogP) is 4.53. The molecule has 0 aliphatic rings. The number of amides is 1. The summed E-state index contributed by atoms with van der Waals surface area (Å²) in [6.07, 6.45) is 4.50. The summed E-state index contributed by atoms with van der Waals surface area (Å²) in [6.45, 7) is 4.17. The van der Waals surface area contributed by atoms with Crippen LogP contribution < -0.4 is 14.9 Å². The predicted molar refractivity (Wildman–Crippen MR) is 121 cm³/mol. The smallest absolute Gasteiger partial charge is 0.343 e. The number of aromatic nitrogens is 1. The normalized spacial score (nSPS) is 10.7. The number of hydrogen-bond acceptors (Lipinski definition) is 6. The molecule has 0 bridgehead atoms. The molecule has 0 unspecified atom stereocenters. The van der Waals surface area contributed by atoms with E-state index in [0.717, 1.165) is 5.56 Å². The Morgan fingerprint density at radius 1 is 1.06 bits per heavy atom. The van der Waals surface area contributed by atoms with Gasteiger partial charge in [0.05, 0.1) is 23.9 Å². The lowest BCUT2D eigenvalue weighted by Crippen LogP contribution is -2.17. The van der Waals surface area contributed by atoms with Crippen molar-refractivity contribution < 1.29 is 19.1 Å². The third-order valence-electron chi connectivity index (χ3n) is 4.10. The lowest BCUT2D eigenvalue weighted by atomic mass is 10.1. The van der Waals surface area contributed by atoms with E-state index >= 15 is 0 Å². The van der Waals surface area contributed by atoms with Crippen molar-refractivity contribution in [3.05, 3.63) is 87.7 Å². The number of benzene rings is 2. The van der Waals surface area contributed by atoms with Crippen LogP contribution in [0.4, 0.5) is 0 Å². The quantitative estimate of drug-likeness (QED) is 0.231. The van der Waals surface area contributed by atoms with Gasteiger partial charge in [0.1, 0.15) is 0 Å². The van der Waals surface area contributed by atoms with Crippen molar-refractivity contribution in [3.8, 4) is 11.5 Å². The van der Waals surface area contributed by atoms with E-state index in [2.05, 4.69) is 31.4 Å². The lowest BCUT2D eigenvalue weighted by Gasteiger charge is -2.11. The first kappa shape index (κ1) is 22.2. The summed E-state index contributed by atoms with van der Waals surface area (Å²) in [6, 6.07) is 13.8. The van der Waals surface area contributed by atoms with Gasteiger partial charge in [0, 0.05) is 16.9 Å². The number of pyridine rings is 1. The third kappa shape index (κ3) is 6.23. The number of aryl methyl sites for hydroxylation is 1. The van der Waals surface area contributed by atoms with Crippen LogP contribution in [-0.2, 0) is 0 Å². The number of nitrogens with zero attached hydrogens (tertiary/aromatic N) is 2. The number of rotatable bonds is 7. The maximum atomic E-state index is 12.4. The van der Waals surface area contributed by atoms with Crippen molar-refractivity contribution in [1.82, 2.24) is 10.4 Å². The Hall–Kier alpha value is -3.52. The molecule has 0 aliphatic carbocycles. The molecule has 1 aromatic heterocycles. The molecule has 0 aliphatic heterocycles. The molecular formula is C23H20BrN3O4. The summed E-state index contributed by atoms with van der Waals surface area (Å²) >= 11 is 3.27. The first-order chi connectivity index (χ1) is 15.0. The Kier molecular flexibility index (Phi) is 7.50. The summed E-state index contributed by atoms with van der Waals surface area (Å²) < 4.78 is 11.8. The molecule has 1 N–H and O–H groups in total. The summed E-state index contributed by atoms with van der Waals surface area (Å²) in [5.41, 5.74) is 4.98. The van der Waals surface area contributed by atoms with Gasteiger partial charge >= 0.3 is 5.97 Å². The molecule has 7 nitrogen and oxygen atoms in total. The van der Waals surface area contributed by atoms with Gasteiger partial charge in [-0.15, -0.1) is 0 Å². The van der Waals surface area contributed by atoms with E-state index in [1.807, 2.05) is 26.0 Å². The molecule has 2 aromatic carbocycles. The van der Waals surface area contributed by atoms with E-state index in [4.69, 9.17) is 9.47 Å². The number of nitrogens with one attached hydrogen (secondary N) is 1. The zero-order chi connectivity index (χ0) is 22.2. The second-order valence-electron chi connectivity index (χ2n) is 6.49. The van der Waals surface area contributed by atoms with Crippen molar-refractivity contribution in [1.29, 1.82) is 0 Å². The van der Waals surface area contributed by atoms with E-state index in [9.17, 15) is 9.59 Å². The minimum Gasteiger partial charge on any atom is -0.490 e. The fraction of sp³-hybridized carbons (Fsp3) is 0.130. The fourth-order valence-electron chi connectivity index (χ4n) is 2.57.